The molecule has 1 aromatic rings. The van der Waals surface area contributed by atoms with Crippen LogP contribution in [0.5, 0.6) is 0 Å². The average molecular weight is 203 g/mol. The summed E-state index contributed by atoms with van der Waals surface area (Å²) in [5.74, 6) is 1.20. The third kappa shape index (κ3) is 1.74. The molecule has 80 valence electrons. The Hall–Kier alpha value is -1.02. The molecule has 0 spiro atoms. The molecule has 0 radical (unpaired) electrons. The van der Waals surface area contributed by atoms with Crippen molar-refractivity contribution in [3.8, 4) is 0 Å². The van der Waals surface area contributed by atoms with Crippen molar-refractivity contribution in [2.75, 3.05) is 0 Å². The highest BCUT2D eigenvalue weighted by Gasteiger charge is 2.24. The molecule has 15 heavy (non-hydrogen) atoms. The molecule has 1 atom stereocenters. The minimum absolute atomic E-state index is 0.525. The third-order valence-corrected chi connectivity index (χ3v) is 3.50. The maximum absolute atomic E-state index is 5.50. The first-order valence-electron chi connectivity index (χ1n) is 5.91. The Morgan fingerprint density at radius 3 is 3.00 bits per heavy atom. The van der Waals surface area contributed by atoms with Crippen LogP contribution >= 0.6 is 0 Å². The molecule has 1 N–H and O–H groups in total. The van der Waals surface area contributed by atoms with Crippen LogP contribution in [-0.4, -0.2) is 6.04 Å². The van der Waals surface area contributed by atoms with Gasteiger partial charge in [-0.3, -0.25) is 0 Å². The molecule has 0 aliphatic heterocycles. The van der Waals surface area contributed by atoms with Crippen LogP contribution in [0.15, 0.2) is 28.9 Å². The van der Waals surface area contributed by atoms with Crippen molar-refractivity contribution in [3.05, 3.63) is 35.8 Å². The standard InChI is InChI=1S/C13H17NO/c1-2-5-10(4-1)14-12-6-3-7-13-11(12)8-9-15-13/h1-2,8-10,12,14H,3-7H2. The number of aryl methyl sites for hydroxylation is 1. The van der Waals surface area contributed by atoms with Crippen LogP contribution in [0.4, 0.5) is 0 Å². The van der Waals surface area contributed by atoms with Crippen LogP contribution in [0, 0.1) is 0 Å². The molecule has 2 aliphatic rings. The average Bonchev–Trinajstić information content (AvgIpc) is 2.87. The zero-order valence-corrected chi connectivity index (χ0v) is 8.91. The smallest absolute Gasteiger partial charge is 0.108 e. The Bertz CT molecular complexity index is 358. The first-order valence-corrected chi connectivity index (χ1v) is 5.91. The van der Waals surface area contributed by atoms with Crippen LogP contribution in [-0.2, 0) is 6.42 Å². The van der Waals surface area contributed by atoms with Crippen molar-refractivity contribution in [2.45, 2.75) is 44.2 Å². The van der Waals surface area contributed by atoms with Crippen LogP contribution in [0.1, 0.15) is 43.0 Å². The van der Waals surface area contributed by atoms with Crippen molar-refractivity contribution in [1.82, 2.24) is 5.32 Å². The second-order valence-electron chi connectivity index (χ2n) is 4.55. The van der Waals surface area contributed by atoms with E-state index in [-0.39, 0.29) is 0 Å². The third-order valence-electron chi connectivity index (χ3n) is 3.50. The topological polar surface area (TPSA) is 25.2 Å². The molecule has 2 nitrogen and oxygen atoms in total. The van der Waals surface area contributed by atoms with Crippen molar-refractivity contribution in [3.63, 3.8) is 0 Å². The summed E-state index contributed by atoms with van der Waals surface area (Å²) in [6, 6.07) is 3.31. The molecular formula is C13H17NO. The van der Waals surface area contributed by atoms with Gasteiger partial charge in [0.25, 0.3) is 0 Å². The van der Waals surface area contributed by atoms with Gasteiger partial charge in [-0.15, -0.1) is 0 Å². The summed E-state index contributed by atoms with van der Waals surface area (Å²) in [4.78, 5) is 0. The lowest BCUT2D eigenvalue weighted by atomic mass is 9.92. The molecule has 1 heterocycles. The fourth-order valence-electron chi connectivity index (χ4n) is 2.70. The minimum Gasteiger partial charge on any atom is -0.469 e. The lowest BCUT2D eigenvalue weighted by molar-refractivity contribution is 0.378. The molecule has 2 heteroatoms. The van der Waals surface area contributed by atoms with Gasteiger partial charge in [0.2, 0.25) is 0 Å². The molecule has 0 fully saturated rings. The van der Waals surface area contributed by atoms with E-state index in [1.807, 2.05) is 6.26 Å². The monoisotopic (exact) mass is 203 g/mol. The first-order chi connectivity index (χ1) is 7.43. The van der Waals surface area contributed by atoms with Gasteiger partial charge in [0.05, 0.1) is 6.26 Å². The molecule has 2 aliphatic carbocycles. The SMILES string of the molecule is C1=CCC(NC2CCCc3occc32)C1. The van der Waals surface area contributed by atoms with E-state index >= 15 is 0 Å². The summed E-state index contributed by atoms with van der Waals surface area (Å²) < 4.78 is 5.50. The fourth-order valence-corrected chi connectivity index (χ4v) is 2.70. The lowest BCUT2D eigenvalue weighted by Gasteiger charge is -2.26. The van der Waals surface area contributed by atoms with Crippen LogP contribution < -0.4 is 5.32 Å². The van der Waals surface area contributed by atoms with Crippen LogP contribution in [0.25, 0.3) is 0 Å². The summed E-state index contributed by atoms with van der Waals surface area (Å²) >= 11 is 0. The van der Waals surface area contributed by atoms with E-state index in [2.05, 4.69) is 23.5 Å². The number of furan rings is 1. The fraction of sp³-hybridized carbons (Fsp3) is 0.538. The van der Waals surface area contributed by atoms with Crippen molar-refractivity contribution in [1.29, 1.82) is 0 Å². The van der Waals surface area contributed by atoms with Gasteiger partial charge in [-0.2, -0.15) is 0 Å². The number of hydrogen-bond acceptors (Lipinski definition) is 2. The molecule has 0 aromatic carbocycles. The summed E-state index contributed by atoms with van der Waals surface area (Å²) in [7, 11) is 0. The minimum atomic E-state index is 0.525. The van der Waals surface area contributed by atoms with E-state index in [9.17, 15) is 0 Å². The van der Waals surface area contributed by atoms with Gasteiger partial charge in [0, 0.05) is 24.1 Å². The molecule has 0 saturated carbocycles. The zero-order valence-electron chi connectivity index (χ0n) is 8.91. The maximum Gasteiger partial charge on any atom is 0.108 e. The predicted octanol–water partition coefficient (Wildman–Crippen LogP) is 2.97. The van der Waals surface area contributed by atoms with Gasteiger partial charge in [-0.1, -0.05) is 12.2 Å². The molecule has 3 rings (SSSR count). The number of rotatable bonds is 2. The molecule has 0 bridgehead atoms. The van der Waals surface area contributed by atoms with E-state index in [1.54, 1.807) is 0 Å². The van der Waals surface area contributed by atoms with E-state index in [0.29, 0.717) is 12.1 Å². The number of hydrogen-bond donors (Lipinski definition) is 1. The van der Waals surface area contributed by atoms with E-state index < -0.39 is 0 Å². The summed E-state index contributed by atoms with van der Waals surface area (Å²) in [5.41, 5.74) is 1.40. The quantitative estimate of drug-likeness (QED) is 0.747. The van der Waals surface area contributed by atoms with Crippen LogP contribution in [0.2, 0.25) is 0 Å². The van der Waals surface area contributed by atoms with E-state index in [1.165, 1.54) is 37.0 Å². The molecule has 0 saturated heterocycles. The van der Waals surface area contributed by atoms with Gasteiger partial charge < -0.3 is 9.73 Å². The van der Waals surface area contributed by atoms with Gasteiger partial charge >= 0.3 is 0 Å². The van der Waals surface area contributed by atoms with Gasteiger partial charge in [0.1, 0.15) is 5.76 Å². The predicted molar refractivity (Wildman–Crippen MR) is 59.7 cm³/mol. The normalized spacial score (nSPS) is 25.7. The van der Waals surface area contributed by atoms with Crippen molar-refractivity contribution in [2.24, 2.45) is 0 Å². The molecule has 1 aromatic heterocycles. The highest BCUT2D eigenvalue weighted by molar-refractivity contribution is 5.24. The Labute approximate surface area is 90.4 Å². The van der Waals surface area contributed by atoms with Gasteiger partial charge in [0.15, 0.2) is 0 Å². The lowest BCUT2D eigenvalue weighted by Crippen LogP contribution is -2.32. The summed E-state index contributed by atoms with van der Waals surface area (Å²) in [6.07, 6.45) is 12.4. The first kappa shape index (κ1) is 9.22. The van der Waals surface area contributed by atoms with Crippen LogP contribution in [0.3, 0.4) is 0 Å². The molecule has 0 amide bonds. The summed E-state index contributed by atoms with van der Waals surface area (Å²) in [6.45, 7) is 0. The number of nitrogens with one attached hydrogen (secondary N) is 1. The molecule has 1 unspecified atom stereocenters. The Balaban J connectivity index is 1.72. The van der Waals surface area contributed by atoms with Gasteiger partial charge in [-0.25, -0.2) is 0 Å². The van der Waals surface area contributed by atoms with E-state index in [0.717, 1.165) is 6.42 Å². The second kappa shape index (κ2) is 3.86. The van der Waals surface area contributed by atoms with E-state index in [4.69, 9.17) is 4.42 Å². The number of fused-ring (bicyclic) bond motifs is 1. The Kier molecular flexibility index (Phi) is 2.37. The molecular weight excluding hydrogens is 186 g/mol. The Morgan fingerprint density at radius 2 is 2.13 bits per heavy atom. The highest BCUT2D eigenvalue weighted by atomic mass is 16.3. The Morgan fingerprint density at radius 1 is 1.27 bits per heavy atom. The van der Waals surface area contributed by atoms with Gasteiger partial charge in [-0.05, 0) is 31.7 Å². The highest BCUT2D eigenvalue weighted by Crippen LogP contribution is 2.31. The van der Waals surface area contributed by atoms with Crippen molar-refractivity contribution >= 4 is 0 Å². The maximum atomic E-state index is 5.50. The summed E-state index contributed by atoms with van der Waals surface area (Å²) in [5, 5.41) is 3.74. The van der Waals surface area contributed by atoms with Crippen molar-refractivity contribution < 1.29 is 4.42 Å². The second-order valence-corrected chi connectivity index (χ2v) is 4.55. The largest absolute Gasteiger partial charge is 0.469 e. The zero-order chi connectivity index (χ0) is 10.1.